The largest absolute Gasteiger partial charge is 0.481 e. The van der Waals surface area contributed by atoms with Gasteiger partial charge in [-0.2, -0.15) is 0 Å². The van der Waals surface area contributed by atoms with Crippen LogP contribution in [0.25, 0.3) is 11.0 Å². The summed E-state index contributed by atoms with van der Waals surface area (Å²) in [5.41, 5.74) is 1.75. The second kappa shape index (κ2) is 7.87. The zero-order chi connectivity index (χ0) is 18.5. The van der Waals surface area contributed by atoms with E-state index in [1.165, 1.54) is 6.07 Å². The molecule has 1 heterocycles. The van der Waals surface area contributed by atoms with E-state index in [1.807, 2.05) is 36.4 Å². The summed E-state index contributed by atoms with van der Waals surface area (Å²) in [5, 5.41) is 3.69. The van der Waals surface area contributed by atoms with Crippen molar-refractivity contribution in [2.45, 2.75) is 32.8 Å². The van der Waals surface area contributed by atoms with Crippen LogP contribution in [0.2, 0.25) is 0 Å². The van der Waals surface area contributed by atoms with Crippen LogP contribution in [-0.2, 0) is 11.2 Å². The van der Waals surface area contributed by atoms with E-state index >= 15 is 0 Å². The van der Waals surface area contributed by atoms with Crippen molar-refractivity contribution in [3.05, 3.63) is 70.6 Å². The first-order chi connectivity index (χ1) is 12.6. The van der Waals surface area contributed by atoms with Crippen molar-refractivity contribution in [1.29, 1.82) is 0 Å². The third kappa shape index (κ3) is 4.11. The van der Waals surface area contributed by atoms with Crippen LogP contribution < -0.4 is 15.7 Å². The summed E-state index contributed by atoms with van der Waals surface area (Å²) in [7, 11) is 0. The van der Waals surface area contributed by atoms with Gasteiger partial charge in [0.05, 0.1) is 0 Å². The molecule has 1 aromatic heterocycles. The number of rotatable bonds is 6. The fourth-order valence-corrected chi connectivity index (χ4v) is 2.78. The van der Waals surface area contributed by atoms with Crippen LogP contribution in [0.4, 0.5) is 5.69 Å². The normalized spacial score (nSPS) is 11.9. The molecule has 3 aromatic rings. The molecule has 5 heteroatoms. The Bertz CT molecular complexity index is 963. The van der Waals surface area contributed by atoms with Crippen LogP contribution in [0.15, 0.2) is 63.8 Å². The Morgan fingerprint density at radius 3 is 2.65 bits per heavy atom. The van der Waals surface area contributed by atoms with Gasteiger partial charge in [0.25, 0.3) is 5.91 Å². The second-order valence-corrected chi connectivity index (χ2v) is 6.11. The van der Waals surface area contributed by atoms with Crippen molar-refractivity contribution < 1.29 is 13.9 Å². The monoisotopic (exact) mass is 351 g/mol. The number of aryl methyl sites for hydroxylation is 1. The molecule has 0 radical (unpaired) electrons. The molecule has 0 aliphatic heterocycles. The highest BCUT2D eigenvalue weighted by Crippen LogP contribution is 2.24. The van der Waals surface area contributed by atoms with Gasteiger partial charge in [-0.05, 0) is 43.2 Å². The molecule has 26 heavy (non-hydrogen) atoms. The summed E-state index contributed by atoms with van der Waals surface area (Å²) in [6.07, 6.45) is 1.05. The zero-order valence-corrected chi connectivity index (χ0v) is 14.8. The Morgan fingerprint density at radius 1 is 1.15 bits per heavy atom. The van der Waals surface area contributed by atoms with Crippen LogP contribution in [0.3, 0.4) is 0 Å². The molecular formula is C21H21NO4. The summed E-state index contributed by atoms with van der Waals surface area (Å²) < 4.78 is 11.0. The molecule has 0 saturated heterocycles. The number of fused-ring (bicyclic) bond motifs is 1. The lowest BCUT2D eigenvalue weighted by Crippen LogP contribution is -2.30. The molecule has 0 unspecified atom stereocenters. The van der Waals surface area contributed by atoms with Crippen molar-refractivity contribution in [3.8, 4) is 5.75 Å². The maximum Gasteiger partial charge on any atom is 0.336 e. The Morgan fingerprint density at radius 2 is 1.92 bits per heavy atom. The number of amides is 1. The lowest BCUT2D eigenvalue weighted by Gasteiger charge is -2.15. The van der Waals surface area contributed by atoms with Crippen molar-refractivity contribution in [2.24, 2.45) is 0 Å². The van der Waals surface area contributed by atoms with Gasteiger partial charge in [0, 0.05) is 23.2 Å². The Balaban J connectivity index is 1.78. The van der Waals surface area contributed by atoms with E-state index in [0.717, 1.165) is 23.8 Å². The van der Waals surface area contributed by atoms with E-state index in [0.29, 0.717) is 17.0 Å². The molecule has 1 atom stereocenters. The van der Waals surface area contributed by atoms with Gasteiger partial charge in [-0.15, -0.1) is 0 Å². The number of ether oxygens (including phenoxy) is 1. The highest BCUT2D eigenvalue weighted by Gasteiger charge is 2.16. The number of carbonyl (C=O) groups is 1. The molecule has 0 fully saturated rings. The molecule has 0 bridgehead atoms. The number of benzene rings is 2. The number of carbonyl (C=O) groups excluding carboxylic acids is 1. The highest BCUT2D eigenvalue weighted by molar-refractivity contribution is 5.94. The lowest BCUT2D eigenvalue weighted by molar-refractivity contribution is -0.122. The van der Waals surface area contributed by atoms with Gasteiger partial charge in [-0.25, -0.2) is 4.79 Å². The van der Waals surface area contributed by atoms with Crippen LogP contribution in [0, 0.1) is 0 Å². The van der Waals surface area contributed by atoms with Gasteiger partial charge in [-0.1, -0.05) is 31.5 Å². The Labute approximate surface area is 151 Å². The summed E-state index contributed by atoms with van der Waals surface area (Å²) in [6, 6.07) is 16.0. The first-order valence-corrected chi connectivity index (χ1v) is 8.66. The lowest BCUT2D eigenvalue weighted by atomic mass is 10.1. The predicted octanol–water partition coefficient (Wildman–Crippen LogP) is 4.15. The van der Waals surface area contributed by atoms with E-state index in [4.69, 9.17) is 9.15 Å². The Kier molecular flexibility index (Phi) is 5.37. The molecule has 0 aliphatic carbocycles. The summed E-state index contributed by atoms with van der Waals surface area (Å²) in [5.74, 6) is 0.225. The molecule has 1 N–H and O–H groups in total. The van der Waals surface area contributed by atoms with E-state index in [1.54, 1.807) is 19.1 Å². The summed E-state index contributed by atoms with van der Waals surface area (Å²) in [6.45, 7) is 3.73. The van der Waals surface area contributed by atoms with Crippen LogP contribution in [0.5, 0.6) is 5.75 Å². The molecule has 5 nitrogen and oxygen atoms in total. The van der Waals surface area contributed by atoms with Crippen LogP contribution in [-0.4, -0.2) is 12.0 Å². The summed E-state index contributed by atoms with van der Waals surface area (Å²) >= 11 is 0. The first-order valence-electron chi connectivity index (χ1n) is 8.66. The van der Waals surface area contributed by atoms with Gasteiger partial charge in [0.15, 0.2) is 6.10 Å². The minimum atomic E-state index is -0.696. The van der Waals surface area contributed by atoms with Crippen LogP contribution >= 0.6 is 0 Å². The first kappa shape index (κ1) is 17.7. The fraction of sp³-hybridized carbons (Fsp3) is 0.238. The predicted molar refractivity (Wildman–Crippen MR) is 102 cm³/mol. The second-order valence-electron chi connectivity index (χ2n) is 6.11. The quantitative estimate of drug-likeness (QED) is 0.677. The zero-order valence-electron chi connectivity index (χ0n) is 14.8. The molecular weight excluding hydrogens is 330 g/mol. The molecule has 134 valence electrons. The SMILES string of the molecule is CCCc1cc(=O)oc2cc(O[C@@H](C)C(=O)Nc3ccccc3)ccc12. The number of hydrogen-bond acceptors (Lipinski definition) is 4. The molecule has 1 amide bonds. The van der Waals surface area contributed by atoms with Crippen molar-refractivity contribution >= 4 is 22.6 Å². The molecule has 0 saturated carbocycles. The molecule has 3 rings (SSSR count). The van der Waals surface area contributed by atoms with E-state index < -0.39 is 6.10 Å². The number of hydrogen-bond donors (Lipinski definition) is 1. The average molecular weight is 351 g/mol. The van der Waals surface area contributed by atoms with Gasteiger partial charge in [-0.3, -0.25) is 4.79 Å². The maximum atomic E-state index is 12.3. The number of para-hydroxylation sites is 1. The third-order valence-corrected chi connectivity index (χ3v) is 4.04. The maximum absolute atomic E-state index is 12.3. The minimum absolute atomic E-state index is 0.252. The highest BCUT2D eigenvalue weighted by atomic mass is 16.5. The topological polar surface area (TPSA) is 68.5 Å². The smallest absolute Gasteiger partial charge is 0.336 e. The number of anilines is 1. The molecule has 0 spiro atoms. The van der Waals surface area contributed by atoms with Crippen molar-refractivity contribution in [1.82, 2.24) is 0 Å². The van der Waals surface area contributed by atoms with Gasteiger partial charge >= 0.3 is 5.63 Å². The van der Waals surface area contributed by atoms with Gasteiger partial charge in [0.1, 0.15) is 11.3 Å². The standard InChI is InChI=1S/C21H21NO4/c1-3-7-15-12-20(23)26-19-13-17(10-11-18(15)19)25-14(2)21(24)22-16-8-5-4-6-9-16/h4-6,8-14H,3,7H2,1-2H3,(H,22,24)/t14-/m0/s1. The third-order valence-electron chi connectivity index (χ3n) is 4.04. The van der Waals surface area contributed by atoms with E-state index in [9.17, 15) is 9.59 Å². The average Bonchev–Trinajstić information content (AvgIpc) is 2.62. The fourth-order valence-electron chi connectivity index (χ4n) is 2.78. The number of nitrogens with one attached hydrogen (secondary N) is 1. The summed E-state index contributed by atoms with van der Waals surface area (Å²) in [4.78, 5) is 24.0. The van der Waals surface area contributed by atoms with Crippen molar-refractivity contribution in [2.75, 3.05) is 5.32 Å². The minimum Gasteiger partial charge on any atom is -0.481 e. The molecule has 0 aliphatic rings. The van der Waals surface area contributed by atoms with Gasteiger partial charge in [0.2, 0.25) is 0 Å². The van der Waals surface area contributed by atoms with E-state index in [-0.39, 0.29) is 11.5 Å². The van der Waals surface area contributed by atoms with Crippen LogP contribution in [0.1, 0.15) is 25.8 Å². The van der Waals surface area contributed by atoms with Crippen molar-refractivity contribution in [3.63, 3.8) is 0 Å². The Hall–Kier alpha value is -3.08. The van der Waals surface area contributed by atoms with Gasteiger partial charge < -0.3 is 14.5 Å². The van der Waals surface area contributed by atoms with E-state index in [2.05, 4.69) is 12.2 Å². The molecule has 2 aromatic carbocycles.